The zero-order valence-corrected chi connectivity index (χ0v) is 16.3. The molecule has 1 saturated heterocycles. The third-order valence-corrected chi connectivity index (χ3v) is 5.34. The molecule has 0 bridgehead atoms. The van der Waals surface area contributed by atoms with Crippen LogP contribution in [0.3, 0.4) is 0 Å². The van der Waals surface area contributed by atoms with Crippen molar-refractivity contribution in [2.24, 2.45) is 11.8 Å². The number of carbonyl (C=O) groups excluding carboxylic acids is 2. The molecule has 29 heavy (non-hydrogen) atoms. The van der Waals surface area contributed by atoms with Crippen LogP contribution in [0.2, 0.25) is 0 Å². The van der Waals surface area contributed by atoms with Crippen molar-refractivity contribution < 1.29 is 18.4 Å². The lowest BCUT2D eigenvalue weighted by atomic mass is 9.88. The molecular formula is C23H26F2N2O2. The fourth-order valence-corrected chi connectivity index (χ4v) is 3.79. The third kappa shape index (κ3) is 6.19. The second kappa shape index (κ2) is 10.3. The highest BCUT2D eigenvalue weighted by molar-refractivity contribution is 5.89. The van der Waals surface area contributed by atoms with E-state index in [0.29, 0.717) is 45.3 Å². The molecule has 1 amide bonds. The number of ketones is 1. The SMILES string of the molecule is O=C(CCCc1cccc(F)c1)[C@@H]1CNC[C@H]1C(=O)NCCc1cccc(F)c1. The maximum absolute atomic E-state index is 13.2. The molecule has 154 valence electrons. The molecule has 0 spiro atoms. The molecule has 1 heterocycles. The molecule has 0 aromatic heterocycles. The van der Waals surface area contributed by atoms with Crippen molar-refractivity contribution in [1.82, 2.24) is 10.6 Å². The number of Topliss-reactive ketones (excluding diaryl/α,β-unsaturated/α-hetero) is 1. The van der Waals surface area contributed by atoms with Crippen molar-refractivity contribution in [2.75, 3.05) is 19.6 Å². The van der Waals surface area contributed by atoms with Crippen LogP contribution >= 0.6 is 0 Å². The van der Waals surface area contributed by atoms with E-state index in [1.807, 2.05) is 12.1 Å². The van der Waals surface area contributed by atoms with Crippen LogP contribution in [0, 0.1) is 23.5 Å². The van der Waals surface area contributed by atoms with E-state index in [4.69, 9.17) is 0 Å². The van der Waals surface area contributed by atoms with Gasteiger partial charge in [-0.05, 0) is 54.7 Å². The molecule has 1 aliphatic rings. The summed E-state index contributed by atoms with van der Waals surface area (Å²) in [7, 11) is 0. The Labute approximate surface area is 169 Å². The number of aryl methyl sites for hydroxylation is 1. The van der Waals surface area contributed by atoms with Crippen LogP contribution in [0.15, 0.2) is 48.5 Å². The van der Waals surface area contributed by atoms with E-state index in [1.54, 1.807) is 12.1 Å². The van der Waals surface area contributed by atoms with Crippen molar-refractivity contribution >= 4 is 11.7 Å². The molecule has 1 fully saturated rings. The van der Waals surface area contributed by atoms with Crippen LogP contribution in [-0.4, -0.2) is 31.3 Å². The van der Waals surface area contributed by atoms with Crippen LogP contribution < -0.4 is 10.6 Å². The van der Waals surface area contributed by atoms with Gasteiger partial charge in [-0.1, -0.05) is 24.3 Å². The molecule has 2 N–H and O–H groups in total. The third-order valence-electron chi connectivity index (χ3n) is 5.34. The van der Waals surface area contributed by atoms with Gasteiger partial charge in [-0.2, -0.15) is 0 Å². The monoisotopic (exact) mass is 400 g/mol. The number of halogens is 2. The highest BCUT2D eigenvalue weighted by Crippen LogP contribution is 2.21. The summed E-state index contributed by atoms with van der Waals surface area (Å²) in [6, 6.07) is 12.7. The lowest BCUT2D eigenvalue weighted by Crippen LogP contribution is -2.38. The van der Waals surface area contributed by atoms with Gasteiger partial charge in [0.1, 0.15) is 17.4 Å². The minimum atomic E-state index is -0.385. The number of hydrogen-bond donors (Lipinski definition) is 2. The van der Waals surface area contributed by atoms with Gasteiger partial charge in [-0.25, -0.2) is 8.78 Å². The van der Waals surface area contributed by atoms with E-state index >= 15 is 0 Å². The summed E-state index contributed by atoms with van der Waals surface area (Å²) in [6.07, 6.45) is 2.17. The lowest BCUT2D eigenvalue weighted by molar-refractivity contribution is -0.131. The lowest BCUT2D eigenvalue weighted by Gasteiger charge is -2.17. The largest absolute Gasteiger partial charge is 0.355 e. The minimum absolute atomic E-state index is 0.0664. The zero-order chi connectivity index (χ0) is 20.6. The fraction of sp³-hybridized carbons (Fsp3) is 0.391. The first-order chi connectivity index (χ1) is 14.0. The van der Waals surface area contributed by atoms with Gasteiger partial charge in [0.2, 0.25) is 5.91 Å². The van der Waals surface area contributed by atoms with Crippen LogP contribution in [0.5, 0.6) is 0 Å². The van der Waals surface area contributed by atoms with E-state index in [-0.39, 0.29) is 35.2 Å². The van der Waals surface area contributed by atoms with Crippen molar-refractivity contribution in [3.05, 3.63) is 71.3 Å². The van der Waals surface area contributed by atoms with Gasteiger partial charge >= 0.3 is 0 Å². The van der Waals surface area contributed by atoms with E-state index in [1.165, 1.54) is 24.3 Å². The number of amides is 1. The fourth-order valence-electron chi connectivity index (χ4n) is 3.79. The molecule has 1 aliphatic heterocycles. The van der Waals surface area contributed by atoms with Gasteiger partial charge in [0.15, 0.2) is 0 Å². The molecule has 3 rings (SSSR count). The van der Waals surface area contributed by atoms with E-state index in [0.717, 1.165) is 11.1 Å². The number of rotatable bonds is 9. The normalized spacial score (nSPS) is 18.6. The maximum atomic E-state index is 13.2. The highest BCUT2D eigenvalue weighted by atomic mass is 19.1. The Hall–Kier alpha value is -2.60. The van der Waals surface area contributed by atoms with E-state index in [9.17, 15) is 18.4 Å². The molecule has 6 heteroatoms. The summed E-state index contributed by atoms with van der Waals surface area (Å²) < 4.78 is 26.4. The second-order valence-corrected chi connectivity index (χ2v) is 7.49. The first-order valence-corrected chi connectivity index (χ1v) is 10.0. The standard InChI is InChI=1S/C23H26F2N2O2/c24-18-7-1-4-16(12-18)6-3-9-22(28)20-14-26-15-21(20)23(29)27-11-10-17-5-2-8-19(25)13-17/h1-2,4-5,7-8,12-13,20-21,26H,3,6,9-11,14-15H2,(H,27,29)/t20-,21-/m1/s1. The Bertz CT molecular complexity index is 787. The molecule has 4 nitrogen and oxygen atoms in total. The number of hydrogen-bond acceptors (Lipinski definition) is 3. The average molecular weight is 400 g/mol. The van der Waals surface area contributed by atoms with Crippen LogP contribution in [-0.2, 0) is 22.4 Å². The Morgan fingerprint density at radius 1 is 0.931 bits per heavy atom. The van der Waals surface area contributed by atoms with Gasteiger partial charge in [-0.3, -0.25) is 9.59 Å². The predicted molar refractivity (Wildman–Crippen MR) is 107 cm³/mol. The van der Waals surface area contributed by atoms with Gasteiger partial charge in [0, 0.05) is 32.0 Å². The van der Waals surface area contributed by atoms with Gasteiger partial charge in [0.05, 0.1) is 5.92 Å². The van der Waals surface area contributed by atoms with Gasteiger partial charge < -0.3 is 10.6 Å². The topological polar surface area (TPSA) is 58.2 Å². The van der Waals surface area contributed by atoms with Crippen molar-refractivity contribution in [2.45, 2.75) is 25.7 Å². The van der Waals surface area contributed by atoms with E-state index < -0.39 is 0 Å². The highest BCUT2D eigenvalue weighted by Gasteiger charge is 2.36. The zero-order valence-electron chi connectivity index (χ0n) is 16.3. The number of nitrogens with one attached hydrogen (secondary N) is 2. The molecule has 0 saturated carbocycles. The van der Waals surface area contributed by atoms with Crippen LogP contribution in [0.25, 0.3) is 0 Å². The Morgan fingerprint density at radius 3 is 2.21 bits per heavy atom. The predicted octanol–water partition coefficient (Wildman–Crippen LogP) is 3.05. The molecular weight excluding hydrogens is 374 g/mol. The summed E-state index contributed by atoms with van der Waals surface area (Å²) in [4.78, 5) is 25.1. The first-order valence-electron chi connectivity index (χ1n) is 10.0. The molecule has 0 aliphatic carbocycles. The maximum Gasteiger partial charge on any atom is 0.225 e. The summed E-state index contributed by atoms with van der Waals surface area (Å²) in [5, 5.41) is 6.00. The molecule has 0 radical (unpaired) electrons. The second-order valence-electron chi connectivity index (χ2n) is 7.49. The Balaban J connectivity index is 1.44. The van der Waals surface area contributed by atoms with Crippen molar-refractivity contribution in [3.63, 3.8) is 0 Å². The number of carbonyl (C=O) groups is 2. The summed E-state index contributed by atoms with van der Waals surface area (Å²) in [5.41, 5.74) is 1.69. The first kappa shape index (κ1) is 21.1. The Kier molecular flexibility index (Phi) is 7.47. The summed E-state index contributed by atoms with van der Waals surface area (Å²) >= 11 is 0. The van der Waals surface area contributed by atoms with Crippen molar-refractivity contribution in [3.8, 4) is 0 Å². The van der Waals surface area contributed by atoms with Gasteiger partial charge in [-0.15, -0.1) is 0 Å². The molecule has 2 aromatic rings. The van der Waals surface area contributed by atoms with E-state index in [2.05, 4.69) is 10.6 Å². The van der Waals surface area contributed by atoms with Crippen molar-refractivity contribution in [1.29, 1.82) is 0 Å². The number of benzene rings is 2. The quantitative estimate of drug-likeness (QED) is 0.680. The molecule has 2 atom stereocenters. The summed E-state index contributed by atoms with van der Waals surface area (Å²) in [6.45, 7) is 1.38. The van der Waals surface area contributed by atoms with Crippen LogP contribution in [0.1, 0.15) is 24.0 Å². The van der Waals surface area contributed by atoms with Crippen LogP contribution in [0.4, 0.5) is 8.78 Å². The smallest absolute Gasteiger partial charge is 0.225 e. The molecule has 2 aromatic carbocycles. The minimum Gasteiger partial charge on any atom is -0.355 e. The molecule has 0 unspecified atom stereocenters. The Morgan fingerprint density at radius 2 is 1.55 bits per heavy atom. The van der Waals surface area contributed by atoms with Gasteiger partial charge in [0.25, 0.3) is 0 Å². The summed E-state index contributed by atoms with van der Waals surface area (Å²) in [5.74, 6) is -1.37. The average Bonchev–Trinajstić information content (AvgIpc) is 3.18.